The van der Waals surface area contributed by atoms with Crippen LogP contribution >= 0.6 is 0 Å². The molecule has 2 heterocycles. The number of nitrogens with zero attached hydrogens (tertiary/aromatic N) is 3. The van der Waals surface area contributed by atoms with Crippen LogP contribution in [-0.4, -0.2) is 20.5 Å². The molecule has 7 nitrogen and oxygen atoms in total. The molecule has 150 valence electrons. The van der Waals surface area contributed by atoms with Gasteiger partial charge in [0.1, 0.15) is 11.6 Å². The van der Waals surface area contributed by atoms with Crippen molar-refractivity contribution in [1.82, 2.24) is 19.9 Å². The van der Waals surface area contributed by atoms with Crippen LogP contribution in [0.15, 0.2) is 35.3 Å². The van der Waals surface area contributed by atoms with Crippen molar-refractivity contribution in [3.63, 3.8) is 0 Å². The van der Waals surface area contributed by atoms with Gasteiger partial charge >= 0.3 is 6.18 Å². The molecule has 2 aromatic heterocycles. The Bertz CT molecular complexity index is 1190. The highest BCUT2D eigenvalue weighted by Crippen LogP contribution is 2.30. The number of H-pyrrole nitrogens is 1. The second-order valence-electron chi connectivity index (χ2n) is 6.53. The Labute approximate surface area is 162 Å². The number of hydrogen-bond acceptors (Lipinski definition) is 4. The zero-order valence-electron chi connectivity index (χ0n) is 15.5. The molecule has 0 aliphatic carbocycles. The summed E-state index contributed by atoms with van der Waals surface area (Å²) < 4.78 is 39.7. The van der Waals surface area contributed by atoms with Gasteiger partial charge in [0.25, 0.3) is 5.56 Å². The summed E-state index contributed by atoms with van der Waals surface area (Å²) in [7, 11) is 0. The predicted octanol–water partition coefficient (Wildman–Crippen LogP) is 2.64. The van der Waals surface area contributed by atoms with Crippen LogP contribution in [0.2, 0.25) is 0 Å². The SMILES string of the molecule is Cc1nc2c(C#N)c[nH]n2c(=O)c1CC(=O)N[C@H](C)c1cccc(C(F)(F)F)c1. The number of nitriles is 1. The molecule has 29 heavy (non-hydrogen) atoms. The molecular formula is C19H16F3N5O2. The number of aromatic nitrogens is 3. The molecule has 0 spiro atoms. The van der Waals surface area contributed by atoms with E-state index in [1.165, 1.54) is 18.3 Å². The first kappa shape index (κ1) is 20.1. The highest BCUT2D eigenvalue weighted by molar-refractivity contribution is 5.79. The molecule has 0 aliphatic rings. The number of benzene rings is 1. The lowest BCUT2D eigenvalue weighted by atomic mass is 10.0. The average Bonchev–Trinajstić information content (AvgIpc) is 3.07. The maximum atomic E-state index is 12.9. The molecule has 0 bridgehead atoms. The second kappa shape index (κ2) is 7.43. The molecule has 1 amide bonds. The van der Waals surface area contributed by atoms with E-state index in [4.69, 9.17) is 5.26 Å². The Morgan fingerprint density at radius 2 is 2.14 bits per heavy atom. The zero-order chi connectivity index (χ0) is 21.3. The van der Waals surface area contributed by atoms with Gasteiger partial charge in [0.05, 0.1) is 18.0 Å². The monoisotopic (exact) mass is 403 g/mol. The lowest BCUT2D eigenvalue weighted by Crippen LogP contribution is -2.32. The molecule has 10 heteroatoms. The molecular weight excluding hydrogens is 387 g/mol. The Morgan fingerprint density at radius 1 is 1.41 bits per heavy atom. The van der Waals surface area contributed by atoms with Gasteiger partial charge in [-0.3, -0.25) is 14.7 Å². The van der Waals surface area contributed by atoms with Crippen molar-refractivity contribution < 1.29 is 18.0 Å². The zero-order valence-corrected chi connectivity index (χ0v) is 15.5. The van der Waals surface area contributed by atoms with Crippen molar-refractivity contribution in [1.29, 1.82) is 5.26 Å². The van der Waals surface area contributed by atoms with E-state index in [0.717, 1.165) is 16.6 Å². The summed E-state index contributed by atoms with van der Waals surface area (Å²) in [5, 5.41) is 14.3. The highest BCUT2D eigenvalue weighted by atomic mass is 19.4. The van der Waals surface area contributed by atoms with Crippen molar-refractivity contribution in [3.8, 4) is 6.07 Å². The van der Waals surface area contributed by atoms with Crippen molar-refractivity contribution >= 4 is 11.6 Å². The van der Waals surface area contributed by atoms with Gasteiger partial charge < -0.3 is 5.32 Å². The summed E-state index contributed by atoms with van der Waals surface area (Å²) in [4.78, 5) is 29.2. The third-order valence-electron chi connectivity index (χ3n) is 4.51. The Balaban J connectivity index is 1.81. The summed E-state index contributed by atoms with van der Waals surface area (Å²) in [5.74, 6) is -0.538. The lowest BCUT2D eigenvalue weighted by Gasteiger charge is -2.16. The van der Waals surface area contributed by atoms with Crippen LogP contribution in [-0.2, 0) is 17.4 Å². The van der Waals surface area contributed by atoms with Gasteiger partial charge in [-0.15, -0.1) is 0 Å². The highest BCUT2D eigenvalue weighted by Gasteiger charge is 2.30. The Hall–Kier alpha value is -3.61. The van der Waals surface area contributed by atoms with E-state index < -0.39 is 29.2 Å². The summed E-state index contributed by atoms with van der Waals surface area (Å²) in [6.45, 7) is 3.10. The molecule has 0 radical (unpaired) electrons. The number of halogens is 3. The fourth-order valence-electron chi connectivity index (χ4n) is 2.96. The largest absolute Gasteiger partial charge is 0.416 e. The summed E-state index contributed by atoms with van der Waals surface area (Å²) in [5.41, 5.74) is -0.250. The molecule has 0 saturated heterocycles. The molecule has 0 unspecified atom stereocenters. The van der Waals surface area contributed by atoms with Crippen LogP contribution in [0.4, 0.5) is 13.2 Å². The summed E-state index contributed by atoms with van der Waals surface area (Å²) in [6.07, 6.45) is -3.45. The number of carbonyl (C=O) groups is 1. The van der Waals surface area contributed by atoms with Gasteiger partial charge in [0.2, 0.25) is 5.91 Å². The number of amides is 1. The Kier molecular flexibility index (Phi) is 5.16. The number of alkyl halides is 3. The number of carbonyl (C=O) groups excluding carboxylic acids is 1. The first-order chi connectivity index (χ1) is 13.6. The second-order valence-corrected chi connectivity index (χ2v) is 6.53. The van der Waals surface area contributed by atoms with E-state index >= 15 is 0 Å². The first-order valence-electron chi connectivity index (χ1n) is 8.58. The van der Waals surface area contributed by atoms with E-state index in [0.29, 0.717) is 11.3 Å². The number of aromatic amines is 1. The molecule has 1 aromatic carbocycles. The lowest BCUT2D eigenvalue weighted by molar-refractivity contribution is -0.137. The molecule has 2 N–H and O–H groups in total. The predicted molar refractivity (Wildman–Crippen MR) is 97.0 cm³/mol. The van der Waals surface area contributed by atoms with Gasteiger partial charge in [-0.2, -0.15) is 18.4 Å². The number of nitrogens with one attached hydrogen (secondary N) is 2. The fraction of sp³-hybridized carbons (Fsp3) is 0.263. The number of rotatable bonds is 4. The maximum absolute atomic E-state index is 12.9. The van der Waals surface area contributed by atoms with Gasteiger partial charge in [-0.05, 0) is 31.5 Å². The molecule has 1 atom stereocenters. The standard InChI is InChI=1S/C19H16F3N5O2/c1-10(12-4-3-5-14(6-12)19(20,21)22)25-16(28)7-15-11(2)26-17-13(8-23)9-24-27(17)18(15)29/h3-6,9-10,24H,7H2,1-2H3,(H,25,28)/t10-/m1/s1. The normalized spacial score (nSPS) is 12.6. The summed E-state index contributed by atoms with van der Waals surface area (Å²) >= 11 is 0. The van der Waals surface area contributed by atoms with Gasteiger partial charge in [-0.25, -0.2) is 9.50 Å². The van der Waals surface area contributed by atoms with Gasteiger partial charge in [-0.1, -0.05) is 12.1 Å². The number of aryl methyl sites for hydroxylation is 1. The van der Waals surface area contributed by atoms with Crippen molar-refractivity contribution in [2.24, 2.45) is 0 Å². The van der Waals surface area contributed by atoms with Crippen LogP contribution in [0.3, 0.4) is 0 Å². The number of fused-ring (bicyclic) bond motifs is 1. The van der Waals surface area contributed by atoms with Crippen LogP contribution in [0.25, 0.3) is 5.65 Å². The van der Waals surface area contributed by atoms with Crippen molar-refractivity contribution in [2.45, 2.75) is 32.5 Å². The van der Waals surface area contributed by atoms with E-state index in [-0.39, 0.29) is 23.2 Å². The molecule has 0 fully saturated rings. The topological polar surface area (TPSA) is 103 Å². The van der Waals surface area contributed by atoms with Crippen molar-refractivity contribution in [3.05, 3.63) is 68.8 Å². The van der Waals surface area contributed by atoms with Crippen LogP contribution in [0, 0.1) is 18.3 Å². The summed E-state index contributed by atoms with van der Waals surface area (Å²) in [6, 6.07) is 5.90. The van der Waals surface area contributed by atoms with E-state index in [2.05, 4.69) is 15.4 Å². The molecule has 0 saturated carbocycles. The van der Waals surface area contributed by atoms with E-state index in [1.807, 2.05) is 6.07 Å². The number of hydrogen-bond donors (Lipinski definition) is 2. The minimum absolute atomic E-state index is 0.127. The third-order valence-corrected chi connectivity index (χ3v) is 4.51. The molecule has 3 rings (SSSR count). The van der Waals surface area contributed by atoms with Crippen LogP contribution in [0.1, 0.15) is 40.9 Å². The minimum atomic E-state index is -4.48. The maximum Gasteiger partial charge on any atom is 0.416 e. The molecule has 3 aromatic rings. The average molecular weight is 403 g/mol. The first-order valence-corrected chi connectivity index (χ1v) is 8.58. The van der Waals surface area contributed by atoms with E-state index in [1.54, 1.807) is 13.8 Å². The fourth-order valence-corrected chi connectivity index (χ4v) is 2.96. The molecule has 0 aliphatic heterocycles. The quantitative estimate of drug-likeness (QED) is 0.699. The van der Waals surface area contributed by atoms with Gasteiger partial charge in [0, 0.05) is 17.5 Å². The third kappa shape index (κ3) is 3.99. The van der Waals surface area contributed by atoms with E-state index in [9.17, 15) is 22.8 Å². The van der Waals surface area contributed by atoms with Crippen LogP contribution in [0.5, 0.6) is 0 Å². The minimum Gasteiger partial charge on any atom is -0.349 e. The van der Waals surface area contributed by atoms with Crippen LogP contribution < -0.4 is 10.9 Å². The smallest absolute Gasteiger partial charge is 0.349 e. The van der Waals surface area contributed by atoms with Crippen molar-refractivity contribution in [2.75, 3.05) is 0 Å². The Morgan fingerprint density at radius 3 is 2.79 bits per heavy atom. The van der Waals surface area contributed by atoms with Gasteiger partial charge in [0.15, 0.2) is 5.65 Å².